The molecule has 0 aromatic heterocycles. The van der Waals surface area contributed by atoms with Crippen LogP contribution in [0, 0.1) is 0 Å². The van der Waals surface area contributed by atoms with Crippen molar-refractivity contribution in [3.8, 4) is 0 Å². The highest BCUT2D eigenvalue weighted by Gasteiger charge is 2.15. The number of anilines is 1. The van der Waals surface area contributed by atoms with Gasteiger partial charge in [-0.05, 0) is 28.5 Å². The summed E-state index contributed by atoms with van der Waals surface area (Å²) in [5.41, 5.74) is 2.75. The van der Waals surface area contributed by atoms with Crippen LogP contribution in [-0.4, -0.2) is 7.05 Å². The molecular weight excluding hydrogens is 194 g/mol. The number of nitrogens with zero attached hydrogens (tertiary/aromatic N) is 1. The zero-order valence-corrected chi connectivity index (χ0v) is 9.64. The topological polar surface area (TPSA) is 3.24 Å². The summed E-state index contributed by atoms with van der Waals surface area (Å²) in [4.78, 5) is 2.20. The van der Waals surface area contributed by atoms with Gasteiger partial charge in [0, 0.05) is 24.9 Å². The highest BCUT2D eigenvalue weighted by Crippen LogP contribution is 2.35. The Kier molecular flexibility index (Phi) is 2.00. The number of hydrogen-bond donors (Lipinski definition) is 0. The number of hydrogen-bond acceptors (Lipinski definition) is 1. The minimum Gasteiger partial charge on any atom is -0.351 e. The van der Waals surface area contributed by atoms with E-state index in [0.717, 1.165) is 0 Å². The molecule has 1 heteroatoms. The first-order valence-corrected chi connectivity index (χ1v) is 5.69. The molecule has 1 atom stereocenters. The van der Waals surface area contributed by atoms with Crippen LogP contribution in [-0.2, 0) is 0 Å². The summed E-state index contributed by atoms with van der Waals surface area (Å²) in [5.74, 6) is 0.510. The molecule has 3 rings (SSSR count). The molecule has 0 bridgehead atoms. The normalized spacial score (nSPS) is 18.9. The molecule has 80 valence electrons. The lowest BCUT2D eigenvalue weighted by molar-refractivity contribution is 0.923. The third-order valence-electron chi connectivity index (χ3n) is 3.36. The van der Waals surface area contributed by atoms with Crippen molar-refractivity contribution in [2.75, 3.05) is 11.9 Å². The van der Waals surface area contributed by atoms with Gasteiger partial charge in [0.15, 0.2) is 0 Å². The van der Waals surface area contributed by atoms with E-state index in [-0.39, 0.29) is 0 Å². The van der Waals surface area contributed by atoms with Crippen molar-refractivity contribution < 1.29 is 0 Å². The van der Waals surface area contributed by atoms with Crippen molar-refractivity contribution in [1.29, 1.82) is 0 Å². The maximum Gasteiger partial charge on any atom is 0.0448 e. The minimum absolute atomic E-state index is 0.510. The Morgan fingerprint density at radius 3 is 2.50 bits per heavy atom. The molecule has 1 heterocycles. The largest absolute Gasteiger partial charge is 0.351 e. The van der Waals surface area contributed by atoms with Crippen molar-refractivity contribution in [2.45, 2.75) is 12.8 Å². The van der Waals surface area contributed by atoms with Crippen LogP contribution < -0.4 is 4.90 Å². The van der Waals surface area contributed by atoms with E-state index >= 15 is 0 Å². The van der Waals surface area contributed by atoms with Crippen LogP contribution in [0.15, 0.2) is 48.7 Å². The molecule has 0 radical (unpaired) electrons. The molecule has 0 N–H and O–H groups in total. The molecule has 0 fully saturated rings. The van der Waals surface area contributed by atoms with Crippen LogP contribution in [0.3, 0.4) is 0 Å². The fraction of sp³-hybridized carbons (Fsp3) is 0.200. The second kappa shape index (κ2) is 3.38. The smallest absolute Gasteiger partial charge is 0.0448 e. The fourth-order valence-corrected chi connectivity index (χ4v) is 2.36. The van der Waals surface area contributed by atoms with E-state index in [0.29, 0.717) is 5.92 Å². The maximum atomic E-state index is 2.31. The number of benzene rings is 2. The van der Waals surface area contributed by atoms with Crippen LogP contribution in [0.25, 0.3) is 10.8 Å². The SMILES string of the molecule is CC1C=CN(C)c2cc3ccccc3cc21. The zero-order valence-electron chi connectivity index (χ0n) is 9.64. The first-order chi connectivity index (χ1) is 7.75. The van der Waals surface area contributed by atoms with Gasteiger partial charge in [0.25, 0.3) is 0 Å². The Morgan fingerprint density at radius 1 is 1.06 bits per heavy atom. The van der Waals surface area contributed by atoms with Gasteiger partial charge < -0.3 is 4.90 Å². The summed E-state index contributed by atoms with van der Waals surface area (Å²) in [6, 6.07) is 13.1. The molecule has 1 aliphatic heterocycles. The first-order valence-electron chi connectivity index (χ1n) is 5.69. The lowest BCUT2D eigenvalue weighted by Gasteiger charge is -2.26. The van der Waals surface area contributed by atoms with Crippen molar-refractivity contribution in [2.24, 2.45) is 0 Å². The third-order valence-corrected chi connectivity index (χ3v) is 3.36. The summed E-state index contributed by atoms with van der Waals surface area (Å²) in [5, 5.41) is 2.65. The predicted octanol–water partition coefficient (Wildman–Crippen LogP) is 3.91. The van der Waals surface area contributed by atoms with E-state index < -0.39 is 0 Å². The number of rotatable bonds is 0. The minimum atomic E-state index is 0.510. The van der Waals surface area contributed by atoms with Gasteiger partial charge in [-0.25, -0.2) is 0 Å². The molecule has 1 aliphatic rings. The third kappa shape index (κ3) is 1.32. The first kappa shape index (κ1) is 9.46. The van der Waals surface area contributed by atoms with E-state index in [2.05, 4.69) is 67.5 Å². The summed E-state index contributed by atoms with van der Waals surface area (Å²) in [6.45, 7) is 2.25. The van der Waals surface area contributed by atoms with Gasteiger partial charge in [0.2, 0.25) is 0 Å². The van der Waals surface area contributed by atoms with Gasteiger partial charge in [-0.3, -0.25) is 0 Å². The predicted molar refractivity (Wildman–Crippen MR) is 69.9 cm³/mol. The lowest BCUT2D eigenvalue weighted by Crippen LogP contribution is -2.15. The van der Waals surface area contributed by atoms with Crippen molar-refractivity contribution in [3.63, 3.8) is 0 Å². The summed E-state index contributed by atoms with van der Waals surface area (Å²) in [6.07, 6.45) is 4.40. The molecule has 0 saturated carbocycles. The van der Waals surface area contributed by atoms with E-state index in [1.807, 2.05) is 0 Å². The Bertz CT molecular complexity index is 518. The fourth-order valence-electron chi connectivity index (χ4n) is 2.36. The average molecular weight is 209 g/mol. The van der Waals surface area contributed by atoms with Crippen molar-refractivity contribution in [1.82, 2.24) is 0 Å². The molecule has 0 amide bonds. The quantitative estimate of drug-likeness (QED) is 0.636. The maximum absolute atomic E-state index is 2.31. The van der Waals surface area contributed by atoms with E-state index in [4.69, 9.17) is 0 Å². The summed E-state index contributed by atoms with van der Waals surface area (Å²) >= 11 is 0. The molecule has 0 spiro atoms. The van der Waals surface area contributed by atoms with Crippen LogP contribution in [0.5, 0.6) is 0 Å². The van der Waals surface area contributed by atoms with Crippen molar-refractivity contribution in [3.05, 3.63) is 54.2 Å². The molecule has 0 aliphatic carbocycles. The second-order valence-corrected chi connectivity index (χ2v) is 4.50. The van der Waals surface area contributed by atoms with Gasteiger partial charge >= 0.3 is 0 Å². The Balaban J connectivity index is 2.31. The van der Waals surface area contributed by atoms with Gasteiger partial charge in [-0.2, -0.15) is 0 Å². The molecule has 2 aromatic rings. The van der Waals surface area contributed by atoms with Crippen LogP contribution in [0.1, 0.15) is 18.4 Å². The van der Waals surface area contributed by atoms with Crippen LogP contribution >= 0.6 is 0 Å². The highest BCUT2D eigenvalue weighted by atomic mass is 15.1. The summed E-state index contributed by atoms with van der Waals surface area (Å²) < 4.78 is 0. The molecule has 0 saturated heterocycles. The van der Waals surface area contributed by atoms with E-state index in [1.165, 1.54) is 22.0 Å². The molecule has 16 heavy (non-hydrogen) atoms. The highest BCUT2D eigenvalue weighted by molar-refractivity contribution is 5.88. The number of fused-ring (bicyclic) bond motifs is 2. The standard InChI is InChI=1S/C15H15N/c1-11-7-8-16(2)15-10-13-6-4-3-5-12(13)9-14(11)15/h3-11H,1-2H3. The van der Waals surface area contributed by atoms with Gasteiger partial charge in [-0.1, -0.05) is 37.3 Å². The lowest BCUT2D eigenvalue weighted by atomic mass is 9.93. The molecule has 1 nitrogen and oxygen atoms in total. The zero-order chi connectivity index (χ0) is 11.1. The molecule has 1 unspecified atom stereocenters. The monoisotopic (exact) mass is 209 g/mol. The second-order valence-electron chi connectivity index (χ2n) is 4.50. The Morgan fingerprint density at radius 2 is 1.75 bits per heavy atom. The summed E-state index contributed by atoms with van der Waals surface area (Å²) in [7, 11) is 2.11. The van der Waals surface area contributed by atoms with Gasteiger partial charge in [0.05, 0.1) is 0 Å². The van der Waals surface area contributed by atoms with Crippen molar-refractivity contribution >= 4 is 16.5 Å². The van der Waals surface area contributed by atoms with Crippen LogP contribution in [0.4, 0.5) is 5.69 Å². The molecular formula is C15H15N. The van der Waals surface area contributed by atoms with E-state index in [1.54, 1.807) is 0 Å². The average Bonchev–Trinajstić information content (AvgIpc) is 2.32. The van der Waals surface area contributed by atoms with Gasteiger partial charge in [-0.15, -0.1) is 0 Å². The number of allylic oxidation sites excluding steroid dienone is 1. The molecule has 2 aromatic carbocycles. The van der Waals surface area contributed by atoms with Crippen LogP contribution in [0.2, 0.25) is 0 Å². The van der Waals surface area contributed by atoms with Gasteiger partial charge in [0.1, 0.15) is 0 Å². The Labute approximate surface area is 96.0 Å². The van der Waals surface area contributed by atoms with E-state index in [9.17, 15) is 0 Å². The Hall–Kier alpha value is -1.76.